The molecule has 1 saturated carbocycles. The molecule has 3 fully saturated rings. The van der Waals surface area contributed by atoms with Gasteiger partial charge in [-0.05, 0) is 43.4 Å². The van der Waals surface area contributed by atoms with Gasteiger partial charge in [-0.1, -0.05) is 6.07 Å². The Morgan fingerprint density at radius 2 is 2.20 bits per heavy atom. The number of fused-ring (bicyclic) bond motifs is 2. The van der Waals surface area contributed by atoms with E-state index in [1.54, 1.807) is 0 Å². The molecule has 20 heavy (non-hydrogen) atoms. The minimum Gasteiger partial charge on any atom is -0.454 e. The van der Waals surface area contributed by atoms with Crippen LogP contribution in [0.1, 0.15) is 25.3 Å². The number of hydrogen-bond donors (Lipinski definition) is 0. The van der Waals surface area contributed by atoms with Crippen LogP contribution in [0.15, 0.2) is 18.2 Å². The lowest BCUT2D eigenvalue weighted by molar-refractivity contribution is 0.0648. The summed E-state index contributed by atoms with van der Waals surface area (Å²) >= 11 is 0. The van der Waals surface area contributed by atoms with E-state index in [1.807, 2.05) is 30.0 Å². The Kier molecular flexibility index (Phi) is 2.40. The van der Waals surface area contributed by atoms with Crippen LogP contribution in [-0.4, -0.2) is 30.9 Å². The highest BCUT2D eigenvalue weighted by atomic mass is 16.7. The molecule has 0 unspecified atom stereocenters. The number of carbonyl (C=O) groups is 1. The fourth-order valence-electron chi connectivity index (χ4n) is 3.71. The number of amides is 1. The molecule has 1 amide bonds. The average Bonchev–Trinajstić information content (AvgIpc) is 3.09. The molecule has 3 heterocycles. The predicted octanol–water partition coefficient (Wildman–Crippen LogP) is 2.49. The van der Waals surface area contributed by atoms with Crippen molar-refractivity contribution in [2.75, 3.05) is 19.9 Å². The maximum Gasteiger partial charge on any atom is 0.410 e. The molecule has 3 aliphatic heterocycles. The zero-order chi connectivity index (χ0) is 13.7. The van der Waals surface area contributed by atoms with Gasteiger partial charge < -0.3 is 14.2 Å². The van der Waals surface area contributed by atoms with Crippen LogP contribution >= 0.6 is 0 Å². The molecule has 0 aromatic heterocycles. The molecule has 0 atom stereocenters. The van der Waals surface area contributed by atoms with E-state index in [-0.39, 0.29) is 18.4 Å². The minimum absolute atomic E-state index is 0.197. The van der Waals surface area contributed by atoms with Crippen LogP contribution < -0.4 is 9.47 Å². The summed E-state index contributed by atoms with van der Waals surface area (Å²) < 4.78 is 16.0. The van der Waals surface area contributed by atoms with Crippen LogP contribution in [-0.2, 0) is 10.3 Å². The van der Waals surface area contributed by atoms with Gasteiger partial charge in [-0.2, -0.15) is 0 Å². The summed E-state index contributed by atoms with van der Waals surface area (Å²) in [6.07, 6.45) is 1.84. The molecule has 0 radical (unpaired) electrons. The van der Waals surface area contributed by atoms with Crippen molar-refractivity contribution in [2.45, 2.75) is 25.3 Å². The van der Waals surface area contributed by atoms with Crippen molar-refractivity contribution < 1.29 is 19.0 Å². The monoisotopic (exact) mass is 275 g/mol. The first-order valence-corrected chi connectivity index (χ1v) is 7.07. The van der Waals surface area contributed by atoms with E-state index in [2.05, 4.69) is 0 Å². The van der Waals surface area contributed by atoms with Crippen molar-refractivity contribution in [3.8, 4) is 11.5 Å². The molecule has 2 bridgehead atoms. The molecular weight excluding hydrogens is 258 g/mol. The first-order chi connectivity index (χ1) is 9.73. The lowest BCUT2D eigenvalue weighted by atomic mass is 9.69. The van der Waals surface area contributed by atoms with Crippen LogP contribution in [0.5, 0.6) is 11.5 Å². The molecule has 4 aliphatic rings. The quantitative estimate of drug-likeness (QED) is 0.832. The minimum atomic E-state index is -0.204. The highest BCUT2D eigenvalue weighted by Gasteiger charge is 2.59. The number of hydrogen-bond acceptors (Lipinski definition) is 4. The molecule has 0 spiro atoms. The van der Waals surface area contributed by atoms with E-state index in [1.165, 1.54) is 0 Å². The van der Waals surface area contributed by atoms with Gasteiger partial charge in [-0.15, -0.1) is 0 Å². The van der Waals surface area contributed by atoms with Crippen LogP contribution in [0, 0.1) is 5.92 Å². The normalized spacial score (nSPS) is 29.2. The van der Waals surface area contributed by atoms with Gasteiger partial charge in [0.2, 0.25) is 6.79 Å². The second-order valence-corrected chi connectivity index (χ2v) is 5.68. The lowest BCUT2D eigenvalue weighted by Crippen LogP contribution is -2.45. The summed E-state index contributed by atoms with van der Waals surface area (Å²) in [6.45, 7) is 3.33. The summed E-state index contributed by atoms with van der Waals surface area (Å²) in [5.41, 5.74) is 0.932. The molecule has 2 saturated heterocycles. The number of carbonyl (C=O) groups excluding carboxylic acids is 1. The highest BCUT2D eigenvalue weighted by molar-refractivity contribution is 5.71. The molecular formula is C15H17NO4. The van der Waals surface area contributed by atoms with E-state index >= 15 is 0 Å². The summed E-state index contributed by atoms with van der Waals surface area (Å²) in [6, 6.07) is 5.98. The van der Waals surface area contributed by atoms with Crippen LogP contribution in [0.4, 0.5) is 4.79 Å². The fraction of sp³-hybridized carbons (Fsp3) is 0.533. The van der Waals surface area contributed by atoms with E-state index in [0.717, 1.165) is 36.4 Å². The standard InChI is InChI=1S/C15H17NO4/c1-2-18-14(17)16-8-10-6-15(16,7-10)11-3-4-12-13(5-11)20-9-19-12/h3-5,10H,2,6-9H2,1H3. The van der Waals surface area contributed by atoms with E-state index in [4.69, 9.17) is 14.2 Å². The number of nitrogens with zero attached hydrogens (tertiary/aromatic N) is 1. The highest BCUT2D eigenvalue weighted by Crippen LogP contribution is 2.58. The van der Waals surface area contributed by atoms with E-state index in [0.29, 0.717) is 12.5 Å². The maximum absolute atomic E-state index is 12.1. The third-order valence-corrected chi connectivity index (χ3v) is 4.61. The van der Waals surface area contributed by atoms with E-state index < -0.39 is 0 Å². The van der Waals surface area contributed by atoms with Gasteiger partial charge in [0, 0.05) is 6.54 Å². The van der Waals surface area contributed by atoms with Gasteiger partial charge in [-0.3, -0.25) is 4.90 Å². The predicted molar refractivity (Wildman–Crippen MR) is 70.7 cm³/mol. The Hall–Kier alpha value is -1.91. The zero-order valence-corrected chi connectivity index (χ0v) is 11.4. The average molecular weight is 275 g/mol. The number of ether oxygens (including phenoxy) is 3. The Morgan fingerprint density at radius 3 is 3.00 bits per heavy atom. The van der Waals surface area contributed by atoms with Crippen LogP contribution in [0.25, 0.3) is 0 Å². The van der Waals surface area contributed by atoms with Crippen molar-refractivity contribution in [2.24, 2.45) is 5.92 Å². The summed E-state index contributed by atoms with van der Waals surface area (Å²) in [5, 5.41) is 0. The van der Waals surface area contributed by atoms with Crippen LogP contribution in [0.2, 0.25) is 0 Å². The second kappa shape index (κ2) is 4.04. The van der Waals surface area contributed by atoms with Gasteiger partial charge in [0.05, 0.1) is 12.1 Å². The summed E-state index contributed by atoms with van der Waals surface area (Å²) in [4.78, 5) is 14.0. The molecule has 0 N–H and O–H groups in total. The van der Waals surface area contributed by atoms with Crippen molar-refractivity contribution >= 4 is 6.09 Å². The van der Waals surface area contributed by atoms with Gasteiger partial charge in [0.25, 0.3) is 0 Å². The van der Waals surface area contributed by atoms with Crippen LogP contribution in [0.3, 0.4) is 0 Å². The molecule has 5 nitrogen and oxygen atoms in total. The van der Waals surface area contributed by atoms with Crippen molar-refractivity contribution in [1.29, 1.82) is 0 Å². The molecule has 5 rings (SSSR count). The Balaban J connectivity index is 1.68. The van der Waals surface area contributed by atoms with Crippen molar-refractivity contribution in [3.05, 3.63) is 23.8 Å². The van der Waals surface area contributed by atoms with E-state index in [9.17, 15) is 4.79 Å². The number of benzene rings is 1. The molecule has 1 aromatic carbocycles. The van der Waals surface area contributed by atoms with Gasteiger partial charge in [0.1, 0.15) is 0 Å². The Morgan fingerprint density at radius 1 is 1.40 bits per heavy atom. The lowest BCUT2D eigenvalue weighted by Gasteiger charge is -2.42. The number of rotatable bonds is 2. The first-order valence-electron chi connectivity index (χ1n) is 7.07. The maximum atomic E-state index is 12.1. The van der Waals surface area contributed by atoms with Gasteiger partial charge >= 0.3 is 6.09 Å². The molecule has 5 heteroatoms. The smallest absolute Gasteiger partial charge is 0.410 e. The Labute approximate surface area is 117 Å². The first kappa shape index (κ1) is 11.9. The summed E-state index contributed by atoms with van der Waals surface area (Å²) in [5.74, 6) is 2.16. The van der Waals surface area contributed by atoms with Gasteiger partial charge in [0.15, 0.2) is 11.5 Å². The largest absolute Gasteiger partial charge is 0.454 e. The van der Waals surface area contributed by atoms with Gasteiger partial charge in [-0.25, -0.2) is 4.79 Å². The zero-order valence-electron chi connectivity index (χ0n) is 11.4. The molecule has 1 aromatic rings. The second-order valence-electron chi connectivity index (χ2n) is 5.68. The fourth-order valence-corrected chi connectivity index (χ4v) is 3.71. The third-order valence-electron chi connectivity index (χ3n) is 4.61. The summed E-state index contributed by atoms with van der Waals surface area (Å²) in [7, 11) is 0. The SMILES string of the molecule is CCOC(=O)N1CC2CC1(c1ccc3c(c1)OCO3)C2. The topological polar surface area (TPSA) is 48.0 Å². The van der Waals surface area contributed by atoms with Crippen molar-refractivity contribution in [1.82, 2.24) is 4.90 Å². The third kappa shape index (κ3) is 1.46. The molecule has 1 aliphatic carbocycles. The Bertz CT molecular complexity index is 565. The van der Waals surface area contributed by atoms with Crippen molar-refractivity contribution in [3.63, 3.8) is 0 Å². The molecule has 106 valence electrons.